The molecule has 1 aromatic rings. The minimum absolute atomic E-state index is 0.411. The lowest BCUT2D eigenvalue weighted by molar-refractivity contribution is 0.174. The molecule has 1 aliphatic heterocycles. The standard InChI is InChI=1S/C14H24N4O2/c1-17(2)12-7-18(6-11(12)10-4-5-10)8-14-15-13(9-19-3)16-20-14/h10-12H,4-9H2,1-3H3/t11-,12+/m1/s1. The molecule has 1 aromatic heterocycles. The van der Waals surface area contributed by atoms with Crippen LogP contribution in [-0.4, -0.2) is 60.3 Å². The molecule has 3 rings (SSSR count). The molecule has 2 heterocycles. The van der Waals surface area contributed by atoms with Crippen molar-refractivity contribution in [3.63, 3.8) is 0 Å². The van der Waals surface area contributed by atoms with Gasteiger partial charge in [0.05, 0.1) is 6.54 Å². The highest BCUT2D eigenvalue weighted by Gasteiger charge is 2.43. The van der Waals surface area contributed by atoms with E-state index in [9.17, 15) is 0 Å². The lowest BCUT2D eigenvalue weighted by Gasteiger charge is -2.24. The molecule has 0 aromatic carbocycles. The summed E-state index contributed by atoms with van der Waals surface area (Å²) in [6.07, 6.45) is 2.81. The molecule has 1 saturated heterocycles. The molecule has 0 bridgehead atoms. The number of hydrogen-bond donors (Lipinski definition) is 0. The smallest absolute Gasteiger partial charge is 0.240 e. The average Bonchev–Trinajstić information content (AvgIpc) is 3.02. The van der Waals surface area contributed by atoms with Crippen molar-refractivity contribution in [2.75, 3.05) is 34.3 Å². The van der Waals surface area contributed by atoms with Crippen LogP contribution >= 0.6 is 0 Å². The normalized spacial score (nSPS) is 27.6. The first-order valence-corrected chi connectivity index (χ1v) is 7.36. The van der Waals surface area contributed by atoms with Crippen molar-refractivity contribution in [2.24, 2.45) is 11.8 Å². The molecule has 0 N–H and O–H groups in total. The summed E-state index contributed by atoms with van der Waals surface area (Å²) in [5.74, 6) is 3.06. The third kappa shape index (κ3) is 3.02. The van der Waals surface area contributed by atoms with Gasteiger partial charge in [0.15, 0.2) is 5.82 Å². The van der Waals surface area contributed by atoms with Crippen molar-refractivity contribution in [1.82, 2.24) is 19.9 Å². The minimum atomic E-state index is 0.411. The van der Waals surface area contributed by atoms with Crippen LogP contribution in [-0.2, 0) is 17.9 Å². The first-order valence-electron chi connectivity index (χ1n) is 7.36. The Balaban J connectivity index is 1.60. The van der Waals surface area contributed by atoms with Crippen LogP contribution in [0.1, 0.15) is 24.6 Å². The quantitative estimate of drug-likeness (QED) is 0.774. The van der Waals surface area contributed by atoms with Gasteiger partial charge in [0.2, 0.25) is 5.89 Å². The van der Waals surface area contributed by atoms with Gasteiger partial charge >= 0.3 is 0 Å². The Bertz CT molecular complexity index is 434. The lowest BCUT2D eigenvalue weighted by Crippen LogP contribution is -2.36. The summed E-state index contributed by atoms with van der Waals surface area (Å²) in [6, 6.07) is 0.656. The van der Waals surface area contributed by atoms with E-state index in [1.54, 1.807) is 7.11 Å². The second-order valence-corrected chi connectivity index (χ2v) is 6.26. The molecule has 6 nitrogen and oxygen atoms in total. The zero-order valence-electron chi connectivity index (χ0n) is 12.6. The molecule has 1 saturated carbocycles. The number of rotatable bonds is 6. The Morgan fingerprint density at radius 2 is 2.15 bits per heavy atom. The van der Waals surface area contributed by atoms with Crippen LogP contribution in [0.15, 0.2) is 4.52 Å². The van der Waals surface area contributed by atoms with Crippen molar-refractivity contribution < 1.29 is 9.26 Å². The Morgan fingerprint density at radius 1 is 1.35 bits per heavy atom. The van der Waals surface area contributed by atoms with Crippen LogP contribution in [0.25, 0.3) is 0 Å². The van der Waals surface area contributed by atoms with Crippen LogP contribution in [0.5, 0.6) is 0 Å². The van der Waals surface area contributed by atoms with Crippen LogP contribution in [0.4, 0.5) is 0 Å². The third-order valence-corrected chi connectivity index (χ3v) is 4.44. The van der Waals surface area contributed by atoms with E-state index < -0.39 is 0 Å². The molecular formula is C14H24N4O2. The van der Waals surface area contributed by atoms with E-state index >= 15 is 0 Å². The van der Waals surface area contributed by atoms with Gasteiger partial charge in [0.1, 0.15) is 6.61 Å². The molecule has 2 fully saturated rings. The molecule has 20 heavy (non-hydrogen) atoms. The van der Waals surface area contributed by atoms with Gasteiger partial charge < -0.3 is 14.2 Å². The lowest BCUT2D eigenvalue weighted by atomic mass is 9.97. The molecule has 0 radical (unpaired) electrons. The fourth-order valence-corrected chi connectivity index (χ4v) is 3.29. The summed E-state index contributed by atoms with van der Waals surface area (Å²) >= 11 is 0. The Labute approximate surface area is 120 Å². The van der Waals surface area contributed by atoms with E-state index in [1.807, 2.05) is 0 Å². The van der Waals surface area contributed by atoms with E-state index in [0.717, 1.165) is 31.5 Å². The molecule has 112 valence electrons. The Kier molecular flexibility index (Phi) is 4.05. The van der Waals surface area contributed by atoms with Crippen LogP contribution < -0.4 is 0 Å². The number of likely N-dealkylation sites (N-methyl/N-ethyl adjacent to an activating group) is 1. The van der Waals surface area contributed by atoms with E-state index in [2.05, 4.69) is 34.0 Å². The van der Waals surface area contributed by atoms with Gasteiger partial charge in [-0.15, -0.1) is 0 Å². The highest BCUT2D eigenvalue weighted by atomic mass is 16.5. The SMILES string of the molecule is COCc1noc(CN2C[C@H](C3CC3)[C@@H](N(C)C)C2)n1. The van der Waals surface area contributed by atoms with E-state index in [0.29, 0.717) is 24.4 Å². The highest BCUT2D eigenvalue weighted by molar-refractivity contribution is 4.98. The highest BCUT2D eigenvalue weighted by Crippen LogP contribution is 2.42. The third-order valence-electron chi connectivity index (χ3n) is 4.44. The molecule has 0 unspecified atom stereocenters. The number of methoxy groups -OCH3 is 1. The van der Waals surface area contributed by atoms with Gasteiger partial charge in [-0.2, -0.15) is 4.98 Å². The minimum Gasteiger partial charge on any atom is -0.377 e. The number of ether oxygens (including phenoxy) is 1. The maximum Gasteiger partial charge on any atom is 0.240 e. The largest absolute Gasteiger partial charge is 0.377 e. The van der Waals surface area contributed by atoms with Gasteiger partial charge in [-0.25, -0.2) is 0 Å². The summed E-state index contributed by atoms with van der Waals surface area (Å²) in [4.78, 5) is 9.17. The predicted octanol–water partition coefficient (Wildman–Crippen LogP) is 0.988. The van der Waals surface area contributed by atoms with Crippen molar-refractivity contribution in [2.45, 2.75) is 32.0 Å². The second kappa shape index (κ2) is 5.79. The van der Waals surface area contributed by atoms with Gasteiger partial charge in [0, 0.05) is 26.2 Å². The zero-order valence-corrected chi connectivity index (χ0v) is 12.6. The van der Waals surface area contributed by atoms with Crippen LogP contribution in [0.2, 0.25) is 0 Å². The number of hydrogen-bond acceptors (Lipinski definition) is 6. The topological polar surface area (TPSA) is 54.6 Å². The summed E-state index contributed by atoms with van der Waals surface area (Å²) < 4.78 is 10.3. The molecular weight excluding hydrogens is 256 g/mol. The summed E-state index contributed by atoms with van der Waals surface area (Å²) in [6.45, 7) is 3.41. The fraction of sp³-hybridized carbons (Fsp3) is 0.857. The number of aromatic nitrogens is 2. The van der Waals surface area contributed by atoms with Gasteiger partial charge in [-0.1, -0.05) is 5.16 Å². The summed E-state index contributed by atoms with van der Waals surface area (Å²) in [5.41, 5.74) is 0. The van der Waals surface area contributed by atoms with Crippen LogP contribution in [0, 0.1) is 11.8 Å². The molecule has 1 aliphatic carbocycles. The first kappa shape index (κ1) is 14.0. The molecule has 2 aliphatic rings. The number of likely N-dealkylation sites (tertiary alicyclic amines) is 1. The van der Waals surface area contributed by atoms with Crippen molar-refractivity contribution >= 4 is 0 Å². The van der Waals surface area contributed by atoms with E-state index in [4.69, 9.17) is 9.26 Å². The number of nitrogens with zero attached hydrogens (tertiary/aromatic N) is 4. The second-order valence-electron chi connectivity index (χ2n) is 6.26. The maximum absolute atomic E-state index is 5.29. The molecule has 0 spiro atoms. The Hall–Kier alpha value is -0.980. The van der Waals surface area contributed by atoms with Gasteiger partial charge in [-0.3, -0.25) is 4.90 Å². The van der Waals surface area contributed by atoms with Gasteiger partial charge in [-0.05, 0) is 38.8 Å². The van der Waals surface area contributed by atoms with Crippen molar-refractivity contribution in [1.29, 1.82) is 0 Å². The predicted molar refractivity (Wildman–Crippen MR) is 74.0 cm³/mol. The van der Waals surface area contributed by atoms with Gasteiger partial charge in [0.25, 0.3) is 0 Å². The Morgan fingerprint density at radius 3 is 2.80 bits per heavy atom. The summed E-state index contributed by atoms with van der Waals surface area (Å²) in [7, 11) is 6.01. The maximum atomic E-state index is 5.29. The molecule has 0 amide bonds. The molecule has 2 atom stereocenters. The molecule has 6 heteroatoms. The van der Waals surface area contributed by atoms with Crippen LogP contribution in [0.3, 0.4) is 0 Å². The fourth-order valence-electron chi connectivity index (χ4n) is 3.29. The average molecular weight is 280 g/mol. The first-order chi connectivity index (χ1) is 9.67. The van der Waals surface area contributed by atoms with Crippen molar-refractivity contribution in [3.8, 4) is 0 Å². The van der Waals surface area contributed by atoms with E-state index in [-0.39, 0.29) is 0 Å². The zero-order chi connectivity index (χ0) is 14.1. The summed E-state index contributed by atoms with van der Waals surface area (Å²) in [5, 5.41) is 3.92. The van der Waals surface area contributed by atoms with Crippen molar-refractivity contribution in [3.05, 3.63) is 11.7 Å². The van der Waals surface area contributed by atoms with E-state index in [1.165, 1.54) is 12.8 Å². The monoisotopic (exact) mass is 280 g/mol.